The molecule has 0 aromatic heterocycles. The number of nitrogens with zero attached hydrogens (tertiary/aromatic N) is 2. The quantitative estimate of drug-likeness (QED) is 0.0797. The van der Waals surface area contributed by atoms with E-state index in [1.54, 1.807) is 27.7 Å². The molecule has 5 rings (SSSR count). The molecule has 0 radical (unpaired) electrons. The van der Waals surface area contributed by atoms with Gasteiger partial charge in [-0.25, -0.2) is 4.79 Å². The van der Waals surface area contributed by atoms with Crippen molar-refractivity contribution < 1.29 is 73.4 Å². The monoisotopic (exact) mass is 1070 g/mol. The lowest BCUT2D eigenvalue weighted by Gasteiger charge is -2.43. The smallest absolute Gasteiger partial charge is 0.329 e. The van der Waals surface area contributed by atoms with Crippen LogP contribution in [0.5, 0.6) is 17.2 Å². The van der Waals surface area contributed by atoms with Crippen molar-refractivity contribution in [2.24, 2.45) is 17.6 Å². The van der Waals surface area contributed by atoms with Crippen LogP contribution in [0.1, 0.15) is 89.8 Å². The van der Waals surface area contributed by atoms with E-state index >= 15 is 0 Å². The molecule has 77 heavy (non-hydrogen) atoms. The lowest BCUT2D eigenvalue weighted by molar-refractivity contribution is -0.166. The summed E-state index contributed by atoms with van der Waals surface area (Å²) in [6.07, 6.45) is -6.54. The number of benzene rings is 3. The normalized spacial score (nSPS) is 24.2. The fourth-order valence-corrected chi connectivity index (χ4v) is 9.10. The Kier molecular flexibility index (Phi) is 21.3. The standard InChI is InChI=1S/C54H72N8O15/c1-7-29(4)45-54(76)77-30(5)46(60-47(69)37(20-22-43(55)67)56-50(72)42(66)27-33-12-18-36(65)19-13-33)51(73)58-39(25-31-8-14-34(63)15-9-31)48(70)57-38-21-23-44(68)62(52(38)74)41(24-28(2)3)53(75)61(6)40(49(71)59-45)26-32-10-16-35(64)17-11-32/h8-19,28-30,37-42,44-46,63-66,68H,7,20-27H2,1-6H3,(H2,55,67)(H,56,72)(H,57,70)(H,58,73)(H,59,71)(H,60,69)/t29-,30+,37-,38-,39-,40-,41-,42+,44+,45-,46-/m0/s1. The zero-order chi connectivity index (χ0) is 56.8. The van der Waals surface area contributed by atoms with Gasteiger partial charge in [-0.2, -0.15) is 0 Å². The minimum atomic E-state index is -1.93. The molecule has 3 aromatic rings. The van der Waals surface area contributed by atoms with E-state index in [2.05, 4.69) is 26.6 Å². The van der Waals surface area contributed by atoms with Crippen molar-refractivity contribution in [2.75, 3.05) is 7.05 Å². The van der Waals surface area contributed by atoms with Crippen LogP contribution in [0, 0.1) is 11.8 Å². The number of nitrogens with one attached hydrogen (secondary N) is 5. The Morgan fingerprint density at radius 2 is 1.30 bits per heavy atom. The molecule has 2 bridgehead atoms. The number of aliphatic hydroxyl groups excluding tert-OH is 2. The highest BCUT2D eigenvalue weighted by atomic mass is 16.5. The van der Waals surface area contributed by atoms with Gasteiger partial charge in [0.2, 0.25) is 47.3 Å². The topological polar surface area (TPSA) is 357 Å². The maximum atomic E-state index is 14.9. The molecular formula is C54H72N8O15. The van der Waals surface area contributed by atoms with Crippen LogP contribution in [0.2, 0.25) is 0 Å². The van der Waals surface area contributed by atoms with Crippen molar-refractivity contribution in [3.8, 4) is 17.2 Å². The van der Waals surface area contributed by atoms with Gasteiger partial charge in [-0.15, -0.1) is 0 Å². The van der Waals surface area contributed by atoms with Gasteiger partial charge in [0.05, 0.1) is 0 Å². The van der Waals surface area contributed by atoms with Crippen molar-refractivity contribution in [1.29, 1.82) is 0 Å². The van der Waals surface area contributed by atoms with Crippen molar-refractivity contribution in [2.45, 2.75) is 153 Å². The van der Waals surface area contributed by atoms with Gasteiger partial charge in [0.1, 0.15) is 78.0 Å². The first-order valence-electron chi connectivity index (χ1n) is 25.7. The highest BCUT2D eigenvalue weighted by Crippen LogP contribution is 2.27. The lowest BCUT2D eigenvalue weighted by Crippen LogP contribution is -2.65. The van der Waals surface area contributed by atoms with Gasteiger partial charge in [-0.1, -0.05) is 70.5 Å². The third-order valence-electron chi connectivity index (χ3n) is 13.8. The minimum absolute atomic E-state index is 0.00000440. The molecule has 11 atom stereocenters. The molecule has 2 aliphatic rings. The van der Waals surface area contributed by atoms with E-state index in [4.69, 9.17) is 10.5 Å². The number of hydrogen-bond acceptors (Lipinski definition) is 15. The molecule has 0 unspecified atom stereocenters. The number of phenolic OH excluding ortho intramolecular Hbond substituents is 3. The summed E-state index contributed by atoms with van der Waals surface area (Å²) < 4.78 is 5.94. The molecule has 2 saturated heterocycles. The Labute approximate surface area is 446 Å². The second kappa shape index (κ2) is 27.3. The van der Waals surface area contributed by atoms with E-state index in [1.807, 2.05) is 0 Å². The Hall–Kier alpha value is -7.79. The number of rotatable bonds is 17. The average molecular weight is 1070 g/mol. The number of aromatic hydroxyl groups is 3. The molecule has 23 heteroatoms. The molecule has 3 aromatic carbocycles. The number of carbonyl (C=O) groups is 9. The summed E-state index contributed by atoms with van der Waals surface area (Å²) >= 11 is 0. The number of esters is 1. The summed E-state index contributed by atoms with van der Waals surface area (Å²) in [5, 5.41) is 65.1. The molecule has 2 fully saturated rings. The molecule has 8 amide bonds. The van der Waals surface area contributed by atoms with Gasteiger partial charge >= 0.3 is 5.97 Å². The van der Waals surface area contributed by atoms with E-state index in [1.165, 1.54) is 86.8 Å². The average Bonchev–Trinajstić information content (AvgIpc) is 3.38. The van der Waals surface area contributed by atoms with E-state index < -0.39 is 133 Å². The zero-order valence-electron chi connectivity index (χ0n) is 44.0. The number of nitrogens with two attached hydrogens (primary N) is 1. The van der Waals surface area contributed by atoms with E-state index in [0.29, 0.717) is 16.7 Å². The first kappa shape index (κ1) is 60.1. The fraction of sp³-hybridized carbons (Fsp3) is 0.500. The van der Waals surface area contributed by atoms with Crippen LogP contribution in [0.3, 0.4) is 0 Å². The molecule has 0 saturated carbocycles. The van der Waals surface area contributed by atoms with Crippen LogP contribution in [-0.4, -0.2) is 156 Å². The number of ether oxygens (including phenoxy) is 1. The van der Waals surface area contributed by atoms with Crippen molar-refractivity contribution in [1.82, 2.24) is 36.4 Å². The maximum Gasteiger partial charge on any atom is 0.329 e. The van der Waals surface area contributed by atoms with Crippen LogP contribution < -0.4 is 32.3 Å². The van der Waals surface area contributed by atoms with E-state index in [0.717, 1.165) is 9.80 Å². The number of phenols is 3. The number of piperidine rings is 1. The van der Waals surface area contributed by atoms with Gasteiger partial charge in [0, 0.05) is 32.7 Å². The molecule has 2 aliphatic heterocycles. The predicted molar refractivity (Wildman–Crippen MR) is 276 cm³/mol. The maximum absolute atomic E-state index is 14.9. The third-order valence-corrected chi connectivity index (χ3v) is 13.8. The number of likely N-dealkylation sites (N-methyl/N-ethyl adjacent to an activating group) is 1. The third kappa shape index (κ3) is 16.6. The Balaban J connectivity index is 1.62. The molecule has 0 spiro atoms. The number of hydrogen-bond donors (Lipinski definition) is 11. The van der Waals surface area contributed by atoms with Crippen LogP contribution in [0.4, 0.5) is 0 Å². The van der Waals surface area contributed by atoms with Gasteiger partial charge in [-0.3, -0.25) is 38.4 Å². The number of primary amides is 1. The fourth-order valence-electron chi connectivity index (χ4n) is 9.10. The van der Waals surface area contributed by atoms with Gasteiger partial charge < -0.3 is 72.4 Å². The second-order valence-electron chi connectivity index (χ2n) is 20.2. The summed E-state index contributed by atoms with van der Waals surface area (Å²) in [6.45, 7) is 8.19. The minimum Gasteiger partial charge on any atom is -0.508 e. The van der Waals surface area contributed by atoms with Gasteiger partial charge in [-0.05, 0) is 97.5 Å². The van der Waals surface area contributed by atoms with E-state index in [-0.39, 0.29) is 68.1 Å². The number of fused-ring (bicyclic) bond motifs is 2. The number of aliphatic hydroxyl groups is 2. The van der Waals surface area contributed by atoms with Crippen molar-refractivity contribution >= 4 is 53.2 Å². The molecule has 418 valence electrons. The Bertz CT molecular complexity index is 2580. The lowest BCUT2D eigenvalue weighted by atomic mass is 9.94. The number of carbonyl (C=O) groups excluding carboxylic acids is 9. The number of amides is 8. The van der Waals surface area contributed by atoms with Crippen LogP contribution >= 0.6 is 0 Å². The molecule has 2 heterocycles. The summed E-state index contributed by atoms with van der Waals surface area (Å²) in [5.41, 5.74) is 6.75. The first-order valence-corrected chi connectivity index (χ1v) is 25.7. The van der Waals surface area contributed by atoms with E-state index in [9.17, 15) is 68.7 Å². The summed E-state index contributed by atoms with van der Waals surface area (Å²) in [6, 6.07) is 6.22. The van der Waals surface area contributed by atoms with Crippen LogP contribution in [0.15, 0.2) is 72.8 Å². The van der Waals surface area contributed by atoms with Crippen LogP contribution in [0.25, 0.3) is 0 Å². The van der Waals surface area contributed by atoms with Gasteiger partial charge in [0.25, 0.3) is 0 Å². The summed E-state index contributed by atoms with van der Waals surface area (Å²) in [5.74, 6) is -9.89. The molecular weight excluding hydrogens is 1000 g/mol. The molecule has 0 aliphatic carbocycles. The highest BCUT2D eigenvalue weighted by molar-refractivity contribution is 5.98. The van der Waals surface area contributed by atoms with Crippen molar-refractivity contribution in [3.63, 3.8) is 0 Å². The van der Waals surface area contributed by atoms with Gasteiger partial charge in [0.15, 0.2) is 0 Å². The molecule has 23 nitrogen and oxygen atoms in total. The Morgan fingerprint density at radius 3 is 1.84 bits per heavy atom. The second-order valence-corrected chi connectivity index (χ2v) is 20.2. The summed E-state index contributed by atoms with van der Waals surface area (Å²) in [7, 11) is 1.34. The highest BCUT2D eigenvalue weighted by Gasteiger charge is 2.46. The van der Waals surface area contributed by atoms with Crippen molar-refractivity contribution in [3.05, 3.63) is 89.5 Å². The first-order chi connectivity index (χ1) is 36.4. The number of cyclic esters (lactones) is 1. The molecule has 12 N–H and O–H groups in total. The predicted octanol–water partition coefficient (Wildman–Crippen LogP) is 0.0556. The zero-order valence-corrected chi connectivity index (χ0v) is 44.0. The summed E-state index contributed by atoms with van der Waals surface area (Å²) in [4.78, 5) is 130. The Morgan fingerprint density at radius 1 is 0.740 bits per heavy atom. The SMILES string of the molecule is CC[C@H](C)[C@@H]1NC(=O)[C@H](Cc2ccc(O)cc2)N(C)C(=O)[C@H](CC(C)C)N2C(=O)[C@H](CC[C@H]2O)NC(=O)[C@H](Cc2ccc(O)cc2)NC(=O)[C@@H](NC(=O)[C@H](CCC(N)=O)NC(=O)[C@H](O)Cc2ccc(O)cc2)[C@@H](C)OC1=O. The largest absolute Gasteiger partial charge is 0.508 e. The van der Waals surface area contributed by atoms with Crippen LogP contribution in [-0.2, 0) is 67.2 Å².